The van der Waals surface area contributed by atoms with Gasteiger partial charge >= 0.3 is 59.1 Å². The molecule has 4 rings (SSSR count). The Morgan fingerprint density at radius 3 is 1.13 bits per heavy atom. The van der Waals surface area contributed by atoms with E-state index in [1.54, 1.807) is 60.7 Å². The monoisotopic (exact) mass is 668 g/mol. The van der Waals surface area contributed by atoms with Crippen molar-refractivity contribution in [3.05, 3.63) is 118 Å². The number of nitrogen functional groups attached to an aromatic ring is 2. The smallest absolute Gasteiger partial charge is 0.550 e. The first-order chi connectivity index (χ1) is 20.0. The number of nitrogens with two attached hydrogens (primary N) is 2. The summed E-state index contributed by atoms with van der Waals surface area (Å²) in [6.45, 7) is 0. The van der Waals surface area contributed by atoms with Gasteiger partial charge in [0.2, 0.25) is 0 Å². The number of hydrogen-bond donors (Lipinski definition) is 2. The summed E-state index contributed by atoms with van der Waals surface area (Å²) in [6.07, 6.45) is -0.754. The molecule has 0 saturated carbocycles. The van der Waals surface area contributed by atoms with Gasteiger partial charge in [-0.25, -0.2) is 0 Å². The quantitative estimate of drug-likeness (QED) is 0.0915. The maximum atomic E-state index is 12.5. The fraction of sp³-hybridized carbons (Fsp3) is 0.125. The molecule has 0 radical (unpaired) electrons. The van der Waals surface area contributed by atoms with Gasteiger partial charge in [-0.3, -0.25) is 9.59 Å². The van der Waals surface area contributed by atoms with E-state index in [1.807, 2.05) is 0 Å². The van der Waals surface area contributed by atoms with Gasteiger partial charge in [0.15, 0.2) is 11.6 Å². The standard InChI is InChI=1S/2C16H15NO4.2Na.3H2O/c2*1-21-12-7-11(8-14(18)19)15(17)13(9-12)16(20)10-5-3-2-4-6-10;;;;;/h2*2-7,9H,8,17H2,1H3,(H,18,19);;;3*1H2/q;;2*+1;;;/p-2. The Kier molecular flexibility index (Phi) is 23.0. The molecule has 240 valence electrons. The maximum Gasteiger partial charge on any atom is 1.00 e. The van der Waals surface area contributed by atoms with Gasteiger partial charge in [-0.05, 0) is 35.4 Å². The summed E-state index contributed by atoms with van der Waals surface area (Å²) in [5.74, 6) is -2.36. The normalized spacial score (nSPS) is 9.06. The van der Waals surface area contributed by atoms with Crippen LogP contribution in [0.3, 0.4) is 0 Å². The van der Waals surface area contributed by atoms with Crippen molar-refractivity contribution in [2.45, 2.75) is 12.8 Å². The number of rotatable bonds is 10. The molecule has 47 heavy (non-hydrogen) atoms. The van der Waals surface area contributed by atoms with Crippen molar-refractivity contribution in [1.82, 2.24) is 0 Å². The van der Waals surface area contributed by atoms with E-state index in [-0.39, 0.29) is 122 Å². The van der Waals surface area contributed by atoms with Crippen LogP contribution in [0.4, 0.5) is 11.4 Å². The number of anilines is 2. The summed E-state index contributed by atoms with van der Waals surface area (Å²) in [4.78, 5) is 46.5. The predicted molar refractivity (Wildman–Crippen MR) is 163 cm³/mol. The number of hydrogen-bond acceptors (Lipinski definition) is 10. The van der Waals surface area contributed by atoms with Crippen LogP contribution in [-0.4, -0.2) is 54.2 Å². The van der Waals surface area contributed by atoms with Gasteiger partial charge < -0.3 is 57.2 Å². The third kappa shape index (κ3) is 13.1. The van der Waals surface area contributed by atoms with Gasteiger partial charge in [-0.1, -0.05) is 60.7 Å². The van der Waals surface area contributed by atoms with Crippen molar-refractivity contribution in [3.63, 3.8) is 0 Å². The number of benzene rings is 4. The molecule has 0 aliphatic rings. The summed E-state index contributed by atoms with van der Waals surface area (Å²) in [6, 6.07) is 23.2. The molecule has 0 heterocycles. The molecule has 4 aromatic carbocycles. The first-order valence-electron chi connectivity index (χ1n) is 12.6. The molecule has 0 bridgehead atoms. The summed E-state index contributed by atoms with van der Waals surface area (Å²) >= 11 is 0. The molecule has 0 aromatic heterocycles. The first-order valence-corrected chi connectivity index (χ1v) is 12.6. The Morgan fingerprint density at radius 1 is 0.574 bits per heavy atom. The molecule has 10 N–H and O–H groups in total. The van der Waals surface area contributed by atoms with Crippen molar-refractivity contribution in [3.8, 4) is 11.5 Å². The van der Waals surface area contributed by atoms with E-state index >= 15 is 0 Å². The molecule has 4 aromatic rings. The van der Waals surface area contributed by atoms with Crippen molar-refractivity contribution in [1.29, 1.82) is 0 Å². The number of carbonyl (C=O) groups is 4. The van der Waals surface area contributed by atoms with E-state index in [1.165, 1.54) is 38.5 Å². The topological polar surface area (TPSA) is 279 Å². The number of carbonyl (C=O) groups excluding carboxylic acids is 4. The van der Waals surface area contributed by atoms with Gasteiger partial charge in [0.25, 0.3) is 0 Å². The molecular formula is C32H34N2Na2O11. The molecule has 0 amide bonds. The SMILES string of the molecule is COc1cc(CC(=O)[O-])c(N)c(C(=O)c2ccccc2)c1.COc1cc(CC(=O)[O-])c(N)c(C(=O)c2ccccc2)c1.O.O.O.[Na+].[Na+]. The molecule has 0 fully saturated rings. The Labute approximate surface area is 315 Å². The van der Waals surface area contributed by atoms with Crippen LogP contribution in [0.5, 0.6) is 11.5 Å². The molecule has 0 saturated heterocycles. The molecule has 0 aliphatic carbocycles. The fourth-order valence-electron chi connectivity index (χ4n) is 4.07. The number of aliphatic carboxylic acids is 2. The van der Waals surface area contributed by atoms with Gasteiger partial charge in [0, 0.05) is 58.4 Å². The summed E-state index contributed by atoms with van der Waals surface area (Å²) in [7, 11) is 2.87. The second kappa shape index (κ2) is 22.7. The minimum absolute atomic E-state index is 0. The van der Waals surface area contributed by atoms with Crippen molar-refractivity contribution in [2.24, 2.45) is 0 Å². The molecule has 15 heteroatoms. The van der Waals surface area contributed by atoms with Crippen LogP contribution in [0.25, 0.3) is 0 Å². The van der Waals surface area contributed by atoms with Crippen molar-refractivity contribution >= 4 is 34.9 Å². The van der Waals surface area contributed by atoms with Crippen LogP contribution in [0.1, 0.15) is 43.0 Å². The predicted octanol–water partition coefficient (Wildman–Crippen LogP) is -6.86. The van der Waals surface area contributed by atoms with Gasteiger partial charge in [-0.2, -0.15) is 0 Å². The number of carboxylic acids is 2. The third-order valence-corrected chi connectivity index (χ3v) is 6.18. The Morgan fingerprint density at radius 2 is 0.872 bits per heavy atom. The zero-order valence-electron chi connectivity index (χ0n) is 26.4. The average molecular weight is 669 g/mol. The molecule has 0 atom stereocenters. The zero-order valence-corrected chi connectivity index (χ0v) is 30.4. The molecule has 0 spiro atoms. The Balaban J connectivity index is -0.000000745. The van der Waals surface area contributed by atoms with E-state index < -0.39 is 11.9 Å². The molecule has 13 nitrogen and oxygen atoms in total. The molecule has 0 aliphatic heterocycles. The zero-order chi connectivity index (χ0) is 30.8. The van der Waals surface area contributed by atoms with Crippen LogP contribution in [0.15, 0.2) is 84.9 Å². The fourth-order valence-corrected chi connectivity index (χ4v) is 4.07. The maximum absolute atomic E-state index is 12.5. The summed E-state index contributed by atoms with van der Waals surface area (Å²) in [5.41, 5.74) is 14.1. The number of methoxy groups -OCH3 is 2. The number of ether oxygens (including phenoxy) is 2. The number of carboxylic acid groups (broad SMARTS) is 2. The van der Waals surface area contributed by atoms with Gasteiger partial charge in [0.1, 0.15) is 11.5 Å². The molecular weight excluding hydrogens is 634 g/mol. The van der Waals surface area contributed by atoms with Crippen LogP contribution in [-0.2, 0) is 22.4 Å². The summed E-state index contributed by atoms with van der Waals surface area (Å²) in [5, 5.41) is 21.6. The van der Waals surface area contributed by atoms with E-state index in [0.717, 1.165) is 0 Å². The van der Waals surface area contributed by atoms with E-state index in [9.17, 15) is 29.4 Å². The second-order valence-electron chi connectivity index (χ2n) is 8.98. The average Bonchev–Trinajstić information content (AvgIpc) is 2.99. The van der Waals surface area contributed by atoms with Crippen LogP contribution in [0, 0.1) is 0 Å². The van der Waals surface area contributed by atoms with E-state index in [0.29, 0.717) is 33.8 Å². The summed E-state index contributed by atoms with van der Waals surface area (Å²) < 4.78 is 10.2. The second-order valence-corrected chi connectivity index (χ2v) is 8.98. The first kappa shape index (κ1) is 47.6. The van der Waals surface area contributed by atoms with Crippen molar-refractivity contribution in [2.75, 3.05) is 25.7 Å². The molecule has 0 unspecified atom stereocenters. The van der Waals surface area contributed by atoms with E-state index in [4.69, 9.17) is 20.9 Å². The van der Waals surface area contributed by atoms with Crippen LogP contribution >= 0.6 is 0 Å². The third-order valence-electron chi connectivity index (χ3n) is 6.18. The van der Waals surface area contributed by atoms with Gasteiger partial charge in [0.05, 0.1) is 14.2 Å². The minimum Gasteiger partial charge on any atom is -0.550 e. The van der Waals surface area contributed by atoms with E-state index in [2.05, 4.69) is 0 Å². The van der Waals surface area contributed by atoms with Crippen LogP contribution < -0.4 is 90.3 Å². The minimum atomic E-state index is -1.27. The largest absolute Gasteiger partial charge is 1.00 e. The Hall–Kier alpha value is -3.76. The van der Waals surface area contributed by atoms with Crippen molar-refractivity contribution < 1.29 is 114 Å². The van der Waals surface area contributed by atoms with Gasteiger partial charge in [-0.15, -0.1) is 0 Å². The number of ketones is 2. The Bertz CT molecular complexity index is 1500. The van der Waals surface area contributed by atoms with Crippen LogP contribution in [0.2, 0.25) is 0 Å².